The molecule has 11 nitrogen and oxygen atoms in total. The number of hydrogen-bond donors (Lipinski definition) is 1. The lowest BCUT2D eigenvalue weighted by Gasteiger charge is -2.33. The van der Waals surface area contributed by atoms with Gasteiger partial charge in [0, 0.05) is 31.6 Å². The van der Waals surface area contributed by atoms with E-state index in [4.69, 9.17) is 4.74 Å². The SMILES string of the molecule is O=C(C1CCN(c2ncc(F)c(OCc3nn[nH]n3)n2)CC1)N1N=CC[C@H]1c1ccccc1. The minimum Gasteiger partial charge on any atom is -0.467 e. The Bertz CT molecular complexity index is 1120. The first-order valence-corrected chi connectivity index (χ1v) is 10.7. The number of benzene rings is 1. The number of carbonyl (C=O) groups is 1. The van der Waals surface area contributed by atoms with Crippen molar-refractivity contribution >= 4 is 18.1 Å². The van der Waals surface area contributed by atoms with Gasteiger partial charge in [-0.1, -0.05) is 35.5 Å². The first-order chi connectivity index (χ1) is 16.2. The highest BCUT2D eigenvalue weighted by molar-refractivity contribution is 5.82. The summed E-state index contributed by atoms with van der Waals surface area (Å²) < 4.78 is 19.5. The first kappa shape index (κ1) is 20.9. The number of anilines is 1. The molecular formula is C21H22FN9O2. The number of nitrogens with one attached hydrogen (secondary N) is 1. The summed E-state index contributed by atoms with van der Waals surface area (Å²) in [6, 6.07) is 9.88. The molecule has 1 fully saturated rings. The standard InChI is InChI=1S/C21H22FN9O2/c22-16-12-23-21(25-19(16)33-13-18-26-28-29-27-18)30-10-7-15(8-11-30)20(32)31-17(6-9-24-31)14-4-2-1-3-5-14/h1-5,9,12,15,17H,6-8,10-11,13H2,(H,26,27,28,29)/t17-/m0/s1. The number of nitrogens with zero attached hydrogens (tertiary/aromatic N) is 8. The van der Waals surface area contributed by atoms with Crippen LogP contribution < -0.4 is 9.64 Å². The minimum atomic E-state index is -0.675. The zero-order valence-corrected chi connectivity index (χ0v) is 17.7. The number of piperidine rings is 1. The number of amides is 1. The van der Waals surface area contributed by atoms with Gasteiger partial charge in [-0.2, -0.15) is 19.7 Å². The lowest BCUT2D eigenvalue weighted by Crippen LogP contribution is -2.41. The smallest absolute Gasteiger partial charge is 0.255 e. The molecule has 1 aromatic carbocycles. The Hall–Kier alpha value is -3.96. The fourth-order valence-electron chi connectivity index (χ4n) is 4.06. The summed E-state index contributed by atoms with van der Waals surface area (Å²) in [5, 5.41) is 19.2. The zero-order valence-electron chi connectivity index (χ0n) is 17.7. The molecule has 0 bridgehead atoms. The van der Waals surface area contributed by atoms with E-state index in [-0.39, 0.29) is 36.2 Å². The summed E-state index contributed by atoms with van der Waals surface area (Å²) in [6.45, 7) is 1.07. The molecule has 0 aliphatic carbocycles. The van der Waals surface area contributed by atoms with Crippen LogP contribution in [0, 0.1) is 11.7 Å². The molecule has 0 radical (unpaired) electrons. The van der Waals surface area contributed by atoms with Gasteiger partial charge in [-0.3, -0.25) is 4.79 Å². The average Bonchev–Trinajstić information content (AvgIpc) is 3.56. The van der Waals surface area contributed by atoms with Crippen molar-refractivity contribution in [1.29, 1.82) is 0 Å². The van der Waals surface area contributed by atoms with Crippen molar-refractivity contribution in [2.45, 2.75) is 31.9 Å². The molecule has 2 aromatic heterocycles. The molecular weight excluding hydrogens is 429 g/mol. The monoisotopic (exact) mass is 451 g/mol. The third kappa shape index (κ3) is 4.49. The van der Waals surface area contributed by atoms with Crippen molar-refractivity contribution < 1.29 is 13.9 Å². The van der Waals surface area contributed by atoms with Crippen LogP contribution in [0.15, 0.2) is 41.6 Å². The summed E-state index contributed by atoms with van der Waals surface area (Å²) in [5.41, 5.74) is 1.08. The summed E-state index contributed by atoms with van der Waals surface area (Å²) in [7, 11) is 0. The highest BCUT2D eigenvalue weighted by Crippen LogP contribution is 2.32. The van der Waals surface area contributed by atoms with Crippen LogP contribution in [-0.4, -0.2) is 60.8 Å². The van der Waals surface area contributed by atoms with Crippen LogP contribution in [0.3, 0.4) is 0 Å². The van der Waals surface area contributed by atoms with Crippen molar-refractivity contribution in [3.05, 3.63) is 53.7 Å². The third-order valence-corrected chi connectivity index (χ3v) is 5.79. The molecule has 3 aromatic rings. The van der Waals surface area contributed by atoms with Gasteiger partial charge in [0.25, 0.3) is 5.88 Å². The highest BCUT2D eigenvalue weighted by Gasteiger charge is 2.35. The van der Waals surface area contributed by atoms with E-state index in [0.717, 1.165) is 11.8 Å². The zero-order chi connectivity index (χ0) is 22.6. The van der Waals surface area contributed by atoms with Crippen LogP contribution >= 0.6 is 0 Å². The van der Waals surface area contributed by atoms with Crippen LogP contribution in [0.5, 0.6) is 5.88 Å². The summed E-state index contributed by atoms with van der Waals surface area (Å²) in [5.74, 6) is -0.330. The lowest BCUT2D eigenvalue weighted by atomic mass is 9.94. The van der Waals surface area contributed by atoms with Crippen molar-refractivity contribution in [3.8, 4) is 5.88 Å². The summed E-state index contributed by atoms with van der Waals surface area (Å²) >= 11 is 0. The van der Waals surface area contributed by atoms with Gasteiger partial charge >= 0.3 is 0 Å². The number of halogens is 1. The Labute approximate surface area is 188 Å². The molecule has 12 heteroatoms. The van der Waals surface area contributed by atoms with Gasteiger partial charge in [0.1, 0.15) is 0 Å². The van der Waals surface area contributed by atoms with E-state index < -0.39 is 5.82 Å². The molecule has 1 amide bonds. The molecule has 170 valence electrons. The number of hydrogen-bond acceptors (Lipinski definition) is 9. The van der Waals surface area contributed by atoms with Crippen molar-refractivity contribution in [1.82, 2.24) is 35.6 Å². The van der Waals surface area contributed by atoms with E-state index in [1.807, 2.05) is 35.2 Å². The van der Waals surface area contributed by atoms with Gasteiger partial charge in [-0.05, 0) is 18.4 Å². The predicted molar refractivity (Wildman–Crippen MR) is 115 cm³/mol. The Morgan fingerprint density at radius 1 is 1.21 bits per heavy atom. The number of tetrazole rings is 1. The second-order valence-electron chi connectivity index (χ2n) is 7.84. The molecule has 2 aliphatic heterocycles. The number of ether oxygens (including phenoxy) is 1. The molecule has 2 aliphatic rings. The summed E-state index contributed by atoms with van der Waals surface area (Å²) in [4.78, 5) is 23.4. The van der Waals surface area contributed by atoms with E-state index in [2.05, 4.69) is 35.7 Å². The van der Waals surface area contributed by atoms with Crippen LogP contribution in [0.2, 0.25) is 0 Å². The van der Waals surface area contributed by atoms with Crippen LogP contribution in [-0.2, 0) is 11.4 Å². The molecule has 0 spiro atoms. The average molecular weight is 451 g/mol. The number of H-pyrrole nitrogens is 1. The lowest BCUT2D eigenvalue weighted by molar-refractivity contribution is -0.138. The number of hydrazone groups is 1. The van der Waals surface area contributed by atoms with E-state index in [9.17, 15) is 9.18 Å². The van der Waals surface area contributed by atoms with Crippen molar-refractivity contribution in [2.75, 3.05) is 18.0 Å². The molecule has 1 N–H and O–H groups in total. The van der Waals surface area contributed by atoms with Crippen LogP contribution in [0.4, 0.5) is 10.3 Å². The van der Waals surface area contributed by atoms with Gasteiger partial charge in [-0.15, -0.1) is 10.2 Å². The van der Waals surface area contributed by atoms with E-state index in [0.29, 0.717) is 38.3 Å². The molecule has 5 rings (SSSR count). The van der Waals surface area contributed by atoms with Gasteiger partial charge in [0.05, 0.1) is 12.2 Å². The maximum absolute atomic E-state index is 14.1. The fourth-order valence-corrected chi connectivity index (χ4v) is 4.06. The minimum absolute atomic E-state index is 0.0291. The molecule has 0 unspecified atom stereocenters. The Kier molecular flexibility index (Phi) is 5.87. The number of carbonyl (C=O) groups excluding carboxylic acids is 1. The van der Waals surface area contributed by atoms with E-state index in [1.54, 1.807) is 11.2 Å². The Morgan fingerprint density at radius 2 is 2.03 bits per heavy atom. The molecule has 0 saturated carbocycles. The topological polar surface area (TPSA) is 125 Å². The molecule has 1 atom stereocenters. The van der Waals surface area contributed by atoms with Gasteiger partial charge in [-0.25, -0.2) is 9.99 Å². The van der Waals surface area contributed by atoms with Crippen molar-refractivity contribution in [3.63, 3.8) is 0 Å². The second-order valence-corrected chi connectivity index (χ2v) is 7.84. The van der Waals surface area contributed by atoms with Crippen LogP contribution in [0.1, 0.15) is 36.7 Å². The Balaban J connectivity index is 1.21. The van der Waals surface area contributed by atoms with Gasteiger partial charge < -0.3 is 9.64 Å². The van der Waals surface area contributed by atoms with E-state index in [1.165, 1.54) is 0 Å². The molecule has 4 heterocycles. The summed E-state index contributed by atoms with van der Waals surface area (Å²) in [6.07, 6.45) is 4.85. The Morgan fingerprint density at radius 3 is 2.79 bits per heavy atom. The third-order valence-electron chi connectivity index (χ3n) is 5.79. The fraction of sp³-hybridized carbons (Fsp3) is 0.381. The normalized spacial score (nSPS) is 18.6. The quantitative estimate of drug-likeness (QED) is 0.602. The van der Waals surface area contributed by atoms with E-state index >= 15 is 0 Å². The van der Waals surface area contributed by atoms with Gasteiger partial charge in [0.15, 0.2) is 6.61 Å². The molecule has 1 saturated heterocycles. The highest BCUT2D eigenvalue weighted by atomic mass is 19.1. The number of aromatic nitrogens is 6. The van der Waals surface area contributed by atoms with Crippen molar-refractivity contribution in [2.24, 2.45) is 11.0 Å². The second kappa shape index (κ2) is 9.27. The first-order valence-electron chi connectivity index (χ1n) is 10.7. The van der Waals surface area contributed by atoms with Crippen LogP contribution in [0.25, 0.3) is 0 Å². The van der Waals surface area contributed by atoms with Gasteiger partial charge in [0.2, 0.25) is 23.5 Å². The maximum atomic E-state index is 14.1. The number of rotatable bonds is 6. The largest absolute Gasteiger partial charge is 0.467 e. The number of aromatic amines is 1. The maximum Gasteiger partial charge on any atom is 0.255 e. The predicted octanol–water partition coefficient (Wildman–Crippen LogP) is 1.88. The molecule has 33 heavy (non-hydrogen) atoms.